The Kier molecular flexibility index (Phi) is 7.75. The average Bonchev–Trinajstić information content (AvgIpc) is 2.92. The summed E-state index contributed by atoms with van der Waals surface area (Å²) in [6.07, 6.45) is 0.822. The van der Waals surface area contributed by atoms with Gasteiger partial charge in [-0.25, -0.2) is 0 Å². The molecule has 134 valence electrons. The van der Waals surface area contributed by atoms with Gasteiger partial charge in [0.2, 0.25) is 0 Å². The average molecular weight is 380 g/mol. The van der Waals surface area contributed by atoms with Crippen molar-refractivity contribution < 1.29 is 14.3 Å². The van der Waals surface area contributed by atoms with E-state index in [0.29, 0.717) is 12.2 Å². The van der Waals surface area contributed by atoms with E-state index in [4.69, 9.17) is 4.74 Å². The highest BCUT2D eigenvalue weighted by Gasteiger charge is 2.11. The zero-order valence-electron chi connectivity index (χ0n) is 13.9. The Morgan fingerprint density at radius 2 is 2.04 bits per heavy atom. The van der Waals surface area contributed by atoms with Gasteiger partial charge in [-0.3, -0.25) is 19.0 Å². The number of ether oxygens (including phenoxy) is 1. The number of aromatic nitrogens is 1. The fourth-order valence-electron chi connectivity index (χ4n) is 1.97. The van der Waals surface area contributed by atoms with E-state index in [-0.39, 0.29) is 23.9 Å². The van der Waals surface area contributed by atoms with Crippen molar-refractivity contribution in [3.8, 4) is 0 Å². The number of thiazole rings is 1. The van der Waals surface area contributed by atoms with Crippen molar-refractivity contribution in [2.45, 2.75) is 24.8 Å². The van der Waals surface area contributed by atoms with Gasteiger partial charge in [0.1, 0.15) is 6.54 Å². The number of nitrogens with one attached hydrogen (secondary N) is 1. The van der Waals surface area contributed by atoms with Crippen LogP contribution in [0.25, 0.3) is 0 Å². The zero-order chi connectivity index (χ0) is 18.1. The number of amides is 1. The lowest BCUT2D eigenvalue weighted by atomic mass is 10.4. The molecule has 2 rings (SSSR count). The Bertz CT molecular complexity index is 756. The number of nitrogens with zero attached hydrogens (tertiary/aromatic N) is 1. The van der Waals surface area contributed by atoms with Gasteiger partial charge in [-0.15, -0.1) is 11.8 Å². The molecule has 0 saturated carbocycles. The molecule has 6 nitrogen and oxygen atoms in total. The monoisotopic (exact) mass is 380 g/mol. The van der Waals surface area contributed by atoms with Crippen LogP contribution in [-0.2, 0) is 20.9 Å². The van der Waals surface area contributed by atoms with Crippen molar-refractivity contribution in [3.63, 3.8) is 0 Å². The first kappa shape index (κ1) is 19.3. The van der Waals surface area contributed by atoms with Gasteiger partial charge in [0, 0.05) is 22.5 Å². The van der Waals surface area contributed by atoms with E-state index < -0.39 is 5.97 Å². The summed E-state index contributed by atoms with van der Waals surface area (Å²) in [5.74, 6) is -0.0458. The lowest BCUT2D eigenvalue weighted by Gasteiger charge is -2.07. The van der Waals surface area contributed by atoms with E-state index in [1.165, 1.54) is 9.46 Å². The number of aryl methyl sites for hydroxylation is 1. The maximum atomic E-state index is 11.7. The highest BCUT2D eigenvalue weighted by atomic mass is 32.2. The first-order valence-electron chi connectivity index (χ1n) is 7.81. The number of esters is 1. The van der Waals surface area contributed by atoms with Gasteiger partial charge < -0.3 is 10.1 Å². The maximum Gasteiger partial charge on any atom is 0.326 e. The summed E-state index contributed by atoms with van der Waals surface area (Å²) >= 11 is 2.76. The van der Waals surface area contributed by atoms with Gasteiger partial charge in [-0.1, -0.05) is 29.5 Å². The van der Waals surface area contributed by atoms with Crippen molar-refractivity contribution in [1.29, 1.82) is 0 Å². The van der Waals surface area contributed by atoms with Crippen LogP contribution in [-0.4, -0.2) is 35.3 Å². The minimum absolute atomic E-state index is 0.171. The van der Waals surface area contributed by atoms with E-state index in [0.717, 1.165) is 23.5 Å². The Labute approximate surface area is 154 Å². The predicted molar refractivity (Wildman–Crippen MR) is 99.1 cm³/mol. The first-order chi connectivity index (χ1) is 12.1. The van der Waals surface area contributed by atoms with Gasteiger partial charge in [-0.05, 0) is 31.2 Å². The van der Waals surface area contributed by atoms with E-state index >= 15 is 0 Å². The topological polar surface area (TPSA) is 77.4 Å². The van der Waals surface area contributed by atoms with Crippen molar-refractivity contribution >= 4 is 35.0 Å². The molecule has 2 aromatic rings. The maximum absolute atomic E-state index is 11.7. The van der Waals surface area contributed by atoms with Crippen molar-refractivity contribution in [1.82, 2.24) is 9.88 Å². The lowest BCUT2D eigenvalue weighted by molar-refractivity contribution is -0.149. The second kappa shape index (κ2) is 10.0. The highest BCUT2D eigenvalue weighted by molar-refractivity contribution is 7.99. The number of rotatable bonds is 9. The molecule has 1 N–H and O–H groups in total. The van der Waals surface area contributed by atoms with Crippen molar-refractivity contribution in [2.24, 2.45) is 0 Å². The molecule has 25 heavy (non-hydrogen) atoms. The molecule has 1 aromatic heterocycles. The van der Waals surface area contributed by atoms with Gasteiger partial charge >= 0.3 is 10.8 Å². The third-order valence-corrected chi connectivity index (χ3v) is 5.26. The molecule has 0 saturated heterocycles. The minimum atomic E-state index is -0.599. The van der Waals surface area contributed by atoms with E-state index in [9.17, 15) is 14.4 Å². The molecule has 0 aliphatic heterocycles. The van der Waals surface area contributed by atoms with Crippen LogP contribution in [0.3, 0.4) is 0 Å². The summed E-state index contributed by atoms with van der Waals surface area (Å²) < 4.78 is 6.23. The molecule has 1 heterocycles. The largest absolute Gasteiger partial charge is 0.454 e. The summed E-state index contributed by atoms with van der Waals surface area (Å²) in [7, 11) is 0. The number of thioether (sulfide) groups is 1. The molecule has 0 spiro atoms. The number of hydrogen-bond donors (Lipinski definition) is 1. The molecule has 1 aromatic carbocycles. The van der Waals surface area contributed by atoms with Gasteiger partial charge in [-0.2, -0.15) is 0 Å². The van der Waals surface area contributed by atoms with E-state index in [1.807, 2.05) is 30.3 Å². The Balaban J connectivity index is 1.57. The van der Waals surface area contributed by atoms with Crippen LogP contribution < -0.4 is 10.2 Å². The fourth-order valence-corrected chi connectivity index (χ4v) is 3.58. The van der Waals surface area contributed by atoms with Crippen LogP contribution in [0.4, 0.5) is 0 Å². The highest BCUT2D eigenvalue weighted by Crippen LogP contribution is 2.17. The molecule has 0 fully saturated rings. The van der Waals surface area contributed by atoms with Gasteiger partial charge in [0.05, 0.1) is 0 Å². The quantitative estimate of drug-likeness (QED) is 0.409. The van der Waals surface area contributed by atoms with Crippen molar-refractivity contribution in [3.05, 3.63) is 51.1 Å². The molecular formula is C17H20N2O4S2. The SMILES string of the molecule is Cc1csc(=O)n1CC(=O)OCC(=O)NCCCSc1ccccc1. The van der Waals surface area contributed by atoms with E-state index in [2.05, 4.69) is 5.32 Å². The molecule has 0 atom stereocenters. The summed E-state index contributed by atoms with van der Waals surface area (Å²) in [5, 5.41) is 4.39. The smallest absolute Gasteiger partial charge is 0.326 e. The third-order valence-electron chi connectivity index (χ3n) is 3.28. The number of hydrogen-bond acceptors (Lipinski definition) is 6. The summed E-state index contributed by atoms with van der Waals surface area (Å²) in [6.45, 7) is 1.77. The minimum Gasteiger partial charge on any atom is -0.454 e. The summed E-state index contributed by atoms with van der Waals surface area (Å²) in [5.41, 5.74) is 0.701. The van der Waals surface area contributed by atoms with Crippen LogP contribution in [0.1, 0.15) is 12.1 Å². The molecule has 8 heteroatoms. The molecule has 0 radical (unpaired) electrons. The van der Waals surface area contributed by atoms with Crippen LogP contribution in [0.15, 0.2) is 45.4 Å². The number of benzene rings is 1. The summed E-state index contributed by atoms with van der Waals surface area (Å²) in [4.78, 5) is 35.8. The lowest BCUT2D eigenvalue weighted by Crippen LogP contribution is -2.31. The Morgan fingerprint density at radius 3 is 2.72 bits per heavy atom. The molecule has 0 unspecified atom stereocenters. The van der Waals surface area contributed by atoms with Crippen LogP contribution in [0, 0.1) is 6.92 Å². The third kappa shape index (κ3) is 6.75. The van der Waals surface area contributed by atoms with Crippen LogP contribution >= 0.6 is 23.1 Å². The van der Waals surface area contributed by atoms with Crippen LogP contribution in [0.2, 0.25) is 0 Å². The zero-order valence-corrected chi connectivity index (χ0v) is 15.5. The van der Waals surface area contributed by atoms with Crippen LogP contribution in [0.5, 0.6) is 0 Å². The normalized spacial score (nSPS) is 10.4. The molecule has 0 bridgehead atoms. The standard InChI is InChI=1S/C17H20N2O4S2/c1-13-12-25-17(22)19(13)10-16(21)23-11-15(20)18-8-5-9-24-14-6-3-2-4-7-14/h2-4,6-7,12H,5,8-11H2,1H3,(H,18,20). The second-order valence-electron chi connectivity index (χ2n) is 5.25. The molecule has 0 aliphatic carbocycles. The summed E-state index contributed by atoms with van der Waals surface area (Å²) in [6, 6.07) is 10.0. The second-order valence-corrected chi connectivity index (χ2v) is 7.24. The number of carbonyl (C=O) groups excluding carboxylic acids is 2. The van der Waals surface area contributed by atoms with Gasteiger partial charge in [0.25, 0.3) is 5.91 Å². The molecular weight excluding hydrogens is 360 g/mol. The molecule has 0 aliphatic rings. The van der Waals surface area contributed by atoms with E-state index in [1.54, 1.807) is 24.1 Å². The fraction of sp³-hybridized carbons (Fsp3) is 0.353. The first-order valence-corrected chi connectivity index (χ1v) is 9.68. The Morgan fingerprint density at radius 1 is 1.28 bits per heavy atom. The predicted octanol–water partition coefficient (Wildman–Crippen LogP) is 2.06. The van der Waals surface area contributed by atoms with Crippen molar-refractivity contribution in [2.75, 3.05) is 18.9 Å². The Hall–Kier alpha value is -2.06. The number of carbonyl (C=O) groups is 2. The molecule has 1 amide bonds. The van der Waals surface area contributed by atoms with Gasteiger partial charge in [0.15, 0.2) is 6.61 Å².